The molecule has 0 saturated carbocycles. The number of unbranched alkanes of at least 4 members (excludes halogenated alkanes) is 1. The van der Waals surface area contributed by atoms with Crippen LogP contribution in [-0.2, 0) is 6.42 Å². The van der Waals surface area contributed by atoms with E-state index >= 15 is 0 Å². The zero-order valence-corrected chi connectivity index (χ0v) is 8.10. The lowest BCUT2D eigenvalue weighted by atomic mass is 10.2. The molecule has 1 N–H and O–H groups in total. The number of halogens is 1. The van der Waals surface area contributed by atoms with Crippen LogP contribution in [0.15, 0.2) is 15.3 Å². The molecule has 0 fully saturated rings. The Labute approximate surface area is 81.0 Å². The second-order valence-electron chi connectivity index (χ2n) is 2.80. The molecule has 1 aromatic rings. The molecule has 0 aliphatic rings. The van der Waals surface area contributed by atoms with Crippen molar-refractivity contribution < 1.29 is 9.52 Å². The van der Waals surface area contributed by atoms with E-state index in [0.717, 1.165) is 12.8 Å². The van der Waals surface area contributed by atoms with Crippen molar-refractivity contribution in [1.29, 1.82) is 0 Å². The molecule has 0 bridgehead atoms. The lowest BCUT2D eigenvalue weighted by Gasteiger charge is -1.99. The molecule has 0 aliphatic heterocycles. The molecular weight excluding hydrogens is 192 g/mol. The van der Waals surface area contributed by atoms with E-state index in [2.05, 4.69) is 0 Å². The highest BCUT2D eigenvalue weighted by Crippen LogP contribution is 2.20. The maximum atomic E-state index is 10.9. The van der Waals surface area contributed by atoms with Gasteiger partial charge in [0.15, 0.2) is 0 Å². The number of rotatable bonds is 3. The second-order valence-corrected chi connectivity index (χ2v) is 3.21. The monoisotopic (exact) mass is 202 g/mol. The molecule has 0 saturated heterocycles. The van der Waals surface area contributed by atoms with Crippen LogP contribution in [0.25, 0.3) is 0 Å². The van der Waals surface area contributed by atoms with Crippen LogP contribution in [0.1, 0.15) is 25.5 Å². The quantitative estimate of drug-likeness (QED) is 0.819. The maximum Gasteiger partial charge on any atom is 0.380 e. The fraction of sp³-hybridized carbons (Fsp3) is 0.444. The summed E-state index contributed by atoms with van der Waals surface area (Å²) in [6, 6.07) is 1.48. The highest BCUT2D eigenvalue weighted by Gasteiger charge is 2.07. The highest BCUT2D eigenvalue weighted by atomic mass is 35.5. The average Bonchev–Trinajstić information content (AvgIpc) is 2.10. The molecule has 0 spiro atoms. The smallest absolute Gasteiger partial charge is 0.380 e. The minimum absolute atomic E-state index is 0.0577. The SMILES string of the molecule is CCCCc1cc(Cl)c(O)c(=O)o1. The first-order chi connectivity index (χ1) is 6.15. The number of hydrogen-bond donors (Lipinski definition) is 1. The van der Waals surface area contributed by atoms with E-state index in [1.165, 1.54) is 6.07 Å². The number of hydrogen-bond acceptors (Lipinski definition) is 3. The molecule has 1 aromatic heterocycles. The summed E-state index contributed by atoms with van der Waals surface area (Å²) in [5.74, 6) is 0.0107. The van der Waals surface area contributed by atoms with Gasteiger partial charge in [0.2, 0.25) is 5.75 Å². The third kappa shape index (κ3) is 2.49. The van der Waals surface area contributed by atoms with Crippen LogP contribution in [-0.4, -0.2) is 5.11 Å². The normalized spacial score (nSPS) is 10.3. The molecule has 13 heavy (non-hydrogen) atoms. The van der Waals surface area contributed by atoms with Crippen molar-refractivity contribution in [2.45, 2.75) is 26.2 Å². The molecule has 0 aliphatic carbocycles. The third-order valence-electron chi connectivity index (χ3n) is 1.71. The molecule has 3 nitrogen and oxygen atoms in total. The van der Waals surface area contributed by atoms with Gasteiger partial charge in [-0.2, -0.15) is 0 Å². The Morgan fingerprint density at radius 2 is 2.31 bits per heavy atom. The van der Waals surface area contributed by atoms with Crippen molar-refractivity contribution in [3.05, 3.63) is 27.3 Å². The van der Waals surface area contributed by atoms with Crippen molar-refractivity contribution in [1.82, 2.24) is 0 Å². The molecule has 0 aromatic carbocycles. The number of aromatic hydroxyl groups is 1. The topological polar surface area (TPSA) is 50.4 Å². The molecule has 72 valence electrons. The van der Waals surface area contributed by atoms with Gasteiger partial charge in [0.05, 0.1) is 5.02 Å². The van der Waals surface area contributed by atoms with Gasteiger partial charge >= 0.3 is 5.63 Å². The standard InChI is InChI=1S/C9H11ClO3/c1-2-3-4-6-5-7(10)8(11)9(12)13-6/h5,11H,2-4H2,1H3. The van der Waals surface area contributed by atoms with Crippen LogP contribution in [0, 0.1) is 0 Å². The molecule has 0 radical (unpaired) electrons. The molecular formula is C9H11ClO3. The van der Waals surface area contributed by atoms with E-state index in [9.17, 15) is 4.79 Å². The summed E-state index contributed by atoms with van der Waals surface area (Å²) >= 11 is 5.59. The van der Waals surface area contributed by atoms with Crippen molar-refractivity contribution >= 4 is 11.6 Å². The van der Waals surface area contributed by atoms with E-state index in [0.29, 0.717) is 12.2 Å². The van der Waals surface area contributed by atoms with Gasteiger partial charge in [-0.25, -0.2) is 4.79 Å². The second kappa shape index (κ2) is 4.33. The van der Waals surface area contributed by atoms with Crippen molar-refractivity contribution in [3.8, 4) is 5.75 Å². The van der Waals surface area contributed by atoms with Crippen molar-refractivity contribution in [2.75, 3.05) is 0 Å². The third-order valence-corrected chi connectivity index (χ3v) is 2.00. The van der Waals surface area contributed by atoms with E-state index in [4.69, 9.17) is 21.1 Å². The Morgan fingerprint density at radius 3 is 2.85 bits per heavy atom. The van der Waals surface area contributed by atoms with Crippen LogP contribution >= 0.6 is 11.6 Å². The largest absolute Gasteiger partial charge is 0.501 e. The molecule has 0 atom stereocenters. The fourth-order valence-corrected chi connectivity index (χ4v) is 1.18. The Balaban J connectivity index is 2.93. The van der Waals surface area contributed by atoms with Gasteiger partial charge in [-0.05, 0) is 12.5 Å². The van der Waals surface area contributed by atoms with Gasteiger partial charge in [-0.1, -0.05) is 24.9 Å². The Bertz CT molecular complexity index is 343. The van der Waals surface area contributed by atoms with Gasteiger partial charge in [0.1, 0.15) is 5.76 Å². The maximum absolute atomic E-state index is 10.9. The summed E-state index contributed by atoms with van der Waals surface area (Å²) in [7, 11) is 0. The molecule has 1 heterocycles. The zero-order valence-electron chi connectivity index (χ0n) is 7.34. The predicted molar refractivity (Wildman–Crippen MR) is 50.3 cm³/mol. The van der Waals surface area contributed by atoms with Crippen molar-refractivity contribution in [2.24, 2.45) is 0 Å². The van der Waals surface area contributed by atoms with E-state index in [1.54, 1.807) is 0 Å². The lowest BCUT2D eigenvalue weighted by Crippen LogP contribution is -2.01. The Kier molecular flexibility index (Phi) is 3.37. The molecule has 0 amide bonds. The zero-order chi connectivity index (χ0) is 9.84. The van der Waals surface area contributed by atoms with Gasteiger partial charge in [-0.15, -0.1) is 0 Å². The van der Waals surface area contributed by atoms with Gasteiger partial charge < -0.3 is 9.52 Å². The summed E-state index contributed by atoms with van der Waals surface area (Å²) in [4.78, 5) is 10.9. The molecule has 0 unspecified atom stereocenters. The van der Waals surface area contributed by atoms with Crippen LogP contribution in [0.5, 0.6) is 5.75 Å². The first-order valence-corrected chi connectivity index (χ1v) is 4.54. The van der Waals surface area contributed by atoms with E-state index in [1.807, 2.05) is 6.92 Å². The summed E-state index contributed by atoms with van der Waals surface area (Å²) in [6.45, 7) is 2.04. The predicted octanol–water partition coefficient (Wildman–Crippen LogP) is 2.34. The molecule has 1 rings (SSSR count). The van der Waals surface area contributed by atoms with Crippen LogP contribution in [0.3, 0.4) is 0 Å². The minimum Gasteiger partial charge on any atom is -0.501 e. The lowest BCUT2D eigenvalue weighted by molar-refractivity contribution is 0.390. The summed E-state index contributed by atoms with van der Waals surface area (Å²) < 4.78 is 4.80. The highest BCUT2D eigenvalue weighted by molar-refractivity contribution is 6.31. The Hall–Kier alpha value is -0.960. The minimum atomic E-state index is -0.765. The first kappa shape index (κ1) is 10.1. The molecule has 4 heteroatoms. The van der Waals surface area contributed by atoms with Crippen molar-refractivity contribution in [3.63, 3.8) is 0 Å². The summed E-state index contributed by atoms with van der Waals surface area (Å²) in [5, 5.41) is 9.08. The summed E-state index contributed by atoms with van der Waals surface area (Å²) in [6.07, 6.45) is 2.62. The Morgan fingerprint density at radius 1 is 1.62 bits per heavy atom. The fourth-order valence-electron chi connectivity index (χ4n) is 0.978. The summed E-state index contributed by atoms with van der Waals surface area (Å²) in [5.41, 5.74) is -0.765. The van der Waals surface area contributed by atoms with Gasteiger partial charge in [0.25, 0.3) is 0 Å². The van der Waals surface area contributed by atoms with E-state index < -0.39 is 11.4 Å². The van der Waals surface area contributed by atoms with Crippen LogP contribution in [0.2, 0.25) is 5.02 Å². The van der Waals surface area contributed by atoms with Gasteiger partial charge in [-0.3, -0.25) is 0 Å². The van der Waals surface area contributed by atoms with Gasteiger partial charge in [0, 0.05) is 6.42 Å². The first-order valence-electron chi connectivity index (χ1n) is 4.16. The van der Waals surface area contributed by atoms with Crippen LogP contribution < -0.4 is 5.63 Å². The van der Waals surface area contributed by atoms with Crippen LogP contribution in [0.4, 0.5) is 0 Å². The average molecular weight is 203 g/mol. The number of aryl methyl sites for hydroxylation is 1. The van der Waals surface area contributed by atoms with E-state index in [-0.39, 0.29) is 5.02 Å².